The Balaban J connectivity index is 1.66. The first-order chi connectivity index (χ1) is 14.6. The van der Waals surface area contributed by atoms with Gasteiger partial charge in [-0.25, -0.2) is 9.97 Å². The molecule has 4 rings (SSSR count). The number of ether oxygens (including phenoxy) is 2. The van der Waals surface area contributed by atoms with Crippen LogP contribution in [0.5, 0.6) is 11.5 Å². The largest absolute Gasteiger partial charge is 0.487 e. The van der Waals surface area contributed by atoms with E-state index in [1.165, 1.54) is 13.3 Å². The number of hydrogen-bond acceptors (Lipinski definition) is 7. The van der Waals surface area contributed by atoms with E-state index in [4.69, 9.17) is 9.47 Å². The molecule has 0 saturated heterocycles. The minimum atomic E-state index is -0.426. The number of hydrogen-bond donors (Lipinski definition) is 1. The third-order valence-corrected chi connectivity index (χ3v) is 4.43. The van der Waals surface area contributed by atoms with Crippen molar-refractivity contribution in [2.45, 2.75) is 20.5 Å². The van der Waals surface area contributed by atoms with E-state index in [0.29, 0.717) is 29.6 Å². The van der Waals surface area contributed by atoms with Crippen LogP contribution in [0.25, 0.3) is 10.9 Å². The number of anilines is 2. The number of nitrogens with zero attached hydrogens (tertiary/aromatic N) is 3. The highest BCUT2D eigenvalue weighted by Crippen LogP contribution is 2.36. The topological polar surface area (TPSA) is 86.2 Å². The zero-order chi connectivity index (χ0) is 20.9. The van der Waals surface area contributed by atoms with Gasteiger partial charge in [0, 0.05) is 24.6 Å². The number of rotatable bonds is 6. The van der Waals surface area contributed by atoms with Crippen LogP contribution in [0.15, 0.2) is 67.1 Å². The third kappa shape index (κ3) is 4.35. The maximum absolute atomic E-state index is 11.7. The van der Waals surface area contributed by atoms with Crippen LogP contribution in [0.1, 0.15) is 18.2 Å². The summed E-state index contributed by atoms with van der Waals surface area (Å²) in [6, 6.07) is 16.9. The predicted octanol–water partition coefficient (Wildman–Crippen LogP) is 4.58. The number of carbonyl (C=O) groups is 1. The molecular weight excluding hydrogens is 380 g/mol. The van der Waals surface area contributed by atoms with Gasteiger partial charge in [0.05, 0.1) is 16.9 Å². The quantitative estimate of drug-likeness (QED) is 0.374. The Bertz CT molecular complexity index is 1190. The molecule has 0 atom stereocenters. The minimum absolute atomic E-state index is 0.310. The third-order valence-electron chi connectivity index (χ3n) is 4.43. The molecular formula is C23H20N4O3. The molecule has 4 aromatic rings. The van der Waals surface area contributed by atoms with Crippen LogP contribution in [0.3, 0.4) is 0 Å². The molecule has 0 aliphatic heterocycles. The molecule has 2 aromatic carbocycles. The molecule has 0 radical (unpaired) electrons. The van der Waals surface area contributed by atoms with Crippen LogP contribution in [0.4, 0.5) is 11.5 Å². The van der Waals surface area contributed by atoms with Crippen molar-refractivity contribution in [1.82, 2.24) is 15.0 Å². The van der Waals surface area contributed by atoms with Gasteiger partial charge in [0.25, 0.3) is 0 Å². The van der Waals surface area contributed by atoms with Gasteiger partial charge in [-0.2, -0.15) is 0 Å². The van der Waals surface area contributed by atoms with Crippen molar-refractivity contribution in [2.75, 3.05) is 5.32 Å². The van der Waals surface area contributed by atoms with Crippen LogP contribution in [0, 0.1) is 6.92 Å². The van der Waals surface area contributed by atoms with Gasteiger partial charge in [0.1, 0.15) is 24.5 Å². The van der Waals surface area contributed by atoms with E-state index in [-0.39, 0.29) is 0 Å². The summed E-state index contributed by atoms with van der Waals surface area (Å²) in [5.41, 5.74) is 3.11. The number of carbonyl (C=O) groups excluding carboxylic acids is 1. The smallest absolute Gasteiger partial charge is 0.308 e. The van der Waals surface area contributed by atoms with Gasteiger partial charge >= 0.3 is 5.97 Å². The fourth-order valence-corrected chi connectivity index (χ4v) is 3.03. The molecule has 0 amide bonds. The second-order valence-corrected chi connectivity index (χ2v) is 6.68. The summed E-state index contributed by atoms with van der Waals surface area (Å²) in [4.78, 5) is 24.6. The van der Waals surface area contributed by atoms with Gasteiger partial charge in [-0.1, -0.05) is 18.2 Å². The van der Waals surface area contributed by atoms with Gasteiger partial charge < -0.3 is 14.8 Å². The Morgan fingerprint density at radius 2 is 1.83 bits per heavy atom. The van der Waals surface area contributed by atoms with Crippen LogP contribution >= 0.6 is 0 Å². The highest BCUT2D eigenvalue weighted by Gasteiger charge is 2.14. The number of pyridine rings is 1. The number of esters is 1. The lowest BCUT2D eigenvalue weighted by atomic mass is 10.1. The summed E-state index contributed by atoms with van der Waals surface area (Å²) in [5, 5.41) is 4.13. The van der Waals surface area contributed by atoms with Crippen LogP contribution in [-0.2, 0) is 11.4 Å². The summed E-state index contributed by atoms with van der Waals surface area (Å²) < 4.78 is 11.4. The normalized spacial score (nSPS) is 10.6. The lowest BCUT2D eigenvalue weighted by molar-refractivity contribution is -0.131. The second kappa shape index (κ2) is 8.57. The first-order valence-corrected chi connectivity index (χ1v) is 9.42. The van der Waals surface area contributed by atoms with E-state index in [1.807, 2.05) is 55.5 Å². The van der Waals surface area contributed by atoms with Gasteiger partial charge in [0.2, 0.25) is 0 Å². The van der Waals surface area contributed by atoms with Crippen molar-refractivity contribution in [3.8, 4) is 11.5 Å². The van der Waals surface area contributed by atoms with E-state index in [9.17, 15) is 4.79 Å². The molecule has 0 unspecified atom stereocenters. The first-order valence-electron chi connectivity index (χ1n) is 9.42. The highest BCUT2D eigenvalue weighted by molar-refractivity contribution is 5.91. The summed E-state index contributed by atoms with van der Waals surface area (Å²) in [5.74, 6) is 1.16. The summed E-state index contributed by atoms with van der Waals surface area (Å²) in [6.45, 7) is 3.59. The van der Waals surface area contributed by atoms with E-state index in [0.717, 1.165) is 22.2 Å². The zero-order valence-corrected chi connectivity index (χ0v) is 16.6. The molecule has 30 heavy (non-hydrogen) atoms. The molecule has 2 heterocycles. The molecule has 0 aliphatic rings. The van der Waals surface area contributed by atoms with Gasteiger partial charge in [-0.05, 0) is 42.8 Å². The Labute approximate surface area is 173 Å². The molecule has 150 valence electrons. The van der Waals surface area contributed by atoms with E-state index in [2.05, 4.69) is 20.3 Å². The number of aromatic nitrogens is 3. The second-order valence-electron chi connectivity index (χ2n) is 6.68. The lowest BCUT2D eigenvalue weighted by Gasteiger charge is -2.16. The Hall–Kier alpha value is -4.00. The van der Waals surface area contributed by atoms with E-state index < -0.39 is 5.97 Å². The van der Waals surface area contributed by atoms with Crippen LogP contribution in [0.2, 0.25) is 0 Å². The monoisotopic (exact) mass is 400 g/mol. The number of fused-ring (bicyclic) bond motifs is 1. The number of benzene rings is 2. The Morgan fingerprint density at radius 1 is 1.00 bits per heavy atom. The number of para-hydroxylation sites is 1. The molecule has 1 N–H and O–H groups in total. The maximum Gasteiger partial charge on any atom is 0.308 e. The molecule has 2 aromatic heterocycles. The summed E-state index contributed by atoms with van der Waals surface area (Å²) in [7, 11) is 0. The van der Waals surface area contributed by atoms with Gasteiger partial charge in [-0.15, -0.1) is 0 Å². The highest BCUT2D eigenvalue weighted by atomic mass is 16.5. The molecule has 0 bridgehead atoms. The van der Waals surface area contributed by atoms with Crippen LogP contribution in [-0.4, -0.2) is 20.9 Å². The lowest BCUT2D eigenvalue weighted by Crippen LogP contribution is -2.07. The molecule has 7 nitrogen and oxygen atoms in total. The first kappa shape index (κ1) is 19.3. The predicted molar refractivity (Wildman–Crippen MR) is 114 cm³/mol. The number of nitrogens with one attached hydrogen (secondary N) is 1. The maximum atomic E-state index is 11.7. The Kier molecular flexibility index (Phi) is 5.52. The minimum Gasteiger partial charge on any atom is -0.487 e. The van der Waals surface area contributed by atoms with Gasteiger partial charge in [-0.3, -0.25) is 9.78 Å². The van der Waals surface area contributed by atoms with Crippen molar-refractivity contribution >= 4 is 28.4 Å². The molecule has 0 spiro atoms. The average molecular weight is 400 g/mol. The fourth-order valence-electron chi connectivity index (χ4n) is 3.03. The standard InChI is InChI=1S/C23H20N4O3/c1-15-11-20(27-23-18-8-3-4-9-19(18)25-14-26-23)22(30-16(2)28)12-21(15)29-13-17-7-5-6-10-24-17/h3-12,14H,13H2,1-2H3,(H,25,26,27). The SMILES string of the molecule is CC(=O)Oc1cc(OCc2ccccn2)c(C)cc1Nc1ncnc2ccccc12. The summed E-state index contributed by atoms with van der Waals surface area (Å²) in [6.07, 6.45) is 3.21. The fraction of sp³-hybridized carbons (Fsp3) is 0.130. The van der Waals surface area contributed by atoms with Crippen LogP contribution < -0.4 is 14.8 Å². The molecule has 7 heteroatoms. The summed E-state index contributed by atoms with van der Waals surface area (Å²) >= 11 is 0. The molecule has 0 fully saturated rings. The average Bonchev–Trinajstić information content (AvgIpc) is 2.75. The molecule has 0 saturated carbocycles. The number of aryl methyl sites for hydroxylation is 1. The van der Waals surface area contributed by atoms with Crippen molar-refractivity contribution < 1.29 is 14.3 Å². The van der Waals surface area contributed by atoms with Gasteiger partial charge in [0.15, 0.2) is 5.75 Å². The molecule has 0 aliphatic carbocycles. The zero-order valence-electron chi connectivity index (χ0n) is 16.6. The van der Waals surface area contributed by atoms with E-state index in [1.54, 1.807) is 12.3 Å². The van der Waals surface area contributed by atoms with Crippen molar-refractivity contribution in [3.63, 3.8) is 0 Å². The van der Waals surface area contributed by atoms with E-state index >= 15 is 0 Å². The van der Waals surface area contributed by atoms with Crippen molar-refractivity contribution in [2.24, 2.45) is 0 Å². The Morgan fingerprint density at radius 3 is 2.63 bits per heavy atom. The van der Waals surface area contributed by atoms with Crippen molar-refractivity contribution in [3.05, 3.63) is 78.4 Å². The van der Waals surface area contributed by atoms with Crippen molar-refractivity contribution in [1.29, 1.82) is 0 Å².